The molecule has 2 aliphatic heterocycles. The van der Waals surface area contributed by atoms with E-state index in [9.17, 15) is 34.8 Å². The minimum Gasteiger partial charge on any atom is -0.507 e. The van der Waals surface area contributed by atoms with Gasteiger partial charge in [-0.3, -0.25) is 14.4 Å². The highest BCUT2D eigenvalue weighted by atomic mass is 16.7. The number of phenols is 2. The van der Waals surface area contributed by atoms with Crippen molar-refractivity contribution in [2.75, 3.05) is 20.3 Å². The summed E-state index contributed by atoms with van der Waals surface area (Å²) in [5.41, 5.74) is -0.667. The number of hydrogen-bond acceptors (Lipinski definition) is 10. The Kier molecular flexibility index (Phi) is 6.40. The Morgan fingerprint density at radius 3 is 2.51 bits per heavy atom. The topological polar surface area (TPSA) is 163 Å². The maximum Gasteiger partial charge on any atom is 0.248 e. The van der Waals surface area contributed by atoms with Crippen LogP contribution in [0.3, 0.4) is 0 Å². The van der Waals surface area contributed by atoms with Crippen LogP contribution in [0, 0.1) is 0 Å². The second-order valence-electron chi connectivity index (χ2n) is 9.35. The molecular formula is C26H27NO10. The molecule has 0 radical (unpaired) electrons. The number of rotatable bonds is 4. The Morgan fingerprint density at radius 1 is 1.11 bits per heavy atom. The van der Waals surface area contributed by atoms with Gasteiger partial charge in [0.2, 0.25) is 11.7 Å². The van der Waals surface area contributed by atoms with Crippen LogP contribution in [0.5, 0.6) is 17.2 Å². The summed E-state index contributed by atoms with van der Waals surface area (Å²) >= 11 is 0. The van der Waals surface area contributed by atoms with Gasteiger partial charge in [0.05, 0.1) is 49.1 Å². The van der Waals surface area contributed by atoms with Crippen molar-refractivity contribution in [3.8, 4) is 17.2 Å². The lowest BCUT2D eigenvalue weighted by Crippen LogP contribution is -2.44. The SMILES string of the molecule is COc1cccc2c1C(=O)c1c(O)c3c(c(O)c1C2=O)CN(C(=O)CO)C[C@@H]3OC1CC[C@H](O)[C@H](C)O1. The highest BCUT2D eigenvalue weighted by Gasteiger charge is 2.44. The normalized spacial score (nSPS) is 24.8. The fraction of sp³-hybridized carbons (Fsp3) is 0.423. The molecule has 2 aromatic rings. The lowest BCUT2D eigenvalue weighted by atomic mass is 9.78. The molecule has 4 atom stereocenters. The van der Waals surface area contributed by atoms with Crippen LogP contribution in [0.15, 0.2) is 18.2 Å². The van der Waals surface area contributed by atoms with Gasteiger partial charge in [-0.15, -0.1) is 0 Å². The number of aliphatic hydroxyl groups is 2. The summed E-state index contributed by atoms with van der Waals surface area (Å²) in [4.78, 5) is 40.7. The molecule has 0 spiro atoms. The van der Waals surface area contributed by atoms with Crippen LogP contribution in [0.2, 0.25) is 0 Å². The van der Waals surface area contributed by atoms with Gasteiger partial charge in [0.1, 0.15) is 30.0 Å². The Bertz CT molecular complexity index is 1300. The number of benzene rings is 2. The molecule has 1 unspecified atom stereocenters. The van der Waals surface area contributed by atoms with Crippen LogP contribution in [-0.4, -0.2) is 81.6 Å². The highest BCUT2D eigenvalue weighted by Crippen LogP contribution is 2.49. The van der Waals surface area contributed by atoms with Gasteiger partial charge in [0.15, 0.2) is 12.1 Å². The third-order valence-electron chi connectivity index (χ3n) is 7.23. The first kappa shape index (κ1) is 25.2. The molecular weight excluding hydrogens is 486 g/mol. The summed E-state index contributed by atoms with van der Waals surface area (Å²) in [6.45, 7) is 0.546. The van der Waals surface area contributed by atoms with Gasteiger partial charge in [0, 0.05) is 23.1 Å². The zero-order valence-corrected chi connectivity index (χ0v) is 20.3. The molecule has 3 aliphatic rings. The molecule has 4 N–H and O–H groups in total. The number of phenolic OH excluding ortho intramolecular Hbond substituents is 2. The van der Waals surface area contributed by atoms with E-state index in [1.165, 1.54) is 30.2 Å². The lowest BCUT2D eigenvalue weighted by Gasteiger charge is -2.39. The number of aliphatic hydroxyl groups excluding tert-OH is 2. The van der Waals surface area contributed by atoms with Crippen molar-refractivity contribution in [2.24, 2.45) is 0 Å². The number of fused-ring (bicyclic) bond motifs is 3. The summed E-state index contributed by atoms with van der Waals surface area (Å²) in [5, 5.41) is 42.1. The van der Waals surface area contributed by atoms with E-state index in [1.54, 1.807) is 6.92 Å². The van der Waals surface area contributed by atoms with E-state index in [4.69, 9.17) is 14.2 Å². The second-order valence-corrected chi connectivity index (χ2v) is 9.35. The first-order valence-electron chi connectivity index (χ1n) is 11.9. The average Bonchev–Trinajstić information content (AvgIpc) is 2.90. The van der Waals surface area contributed by atoms with Crippen molar-refractivity contribution >= 4 is 17.5 Å². The van der Waals surface area contributed by atoms with Gasteiger partial charge >= 0.3 is 0 Å². The van der Waals surface area contributed by atoms with Crippen LogP contribution in [-0.2, 0) is 20.8 Å². The molecule has 5 rings (SSSR count). The van der Waals surface area contributed by atoms with Crippen molar-refractivity contribution in [3.05, 3.63) is 51.6 Å². The van der Waals surface area contributed by atoms with Gasteiger partial charge in [-0.05, 0) is 19.4 Å². The summed E-state index contributed by atoms with van der Waals surface area (Å²) < 4.78 is 17.1. The largest absolute Gasteiger partial charge is 0.507 e. The summed E-state index contributed by atoms with van der Waals surface area (Å²) in [6, 6.07) is 4.49. The van der Waals surface area contributed by atoms with Gasteiger partial charge < -0.3 is 39.5 Å². The number of amides is 1. The van der Waals surface area contributed by atoms with Crippen molar-refractivity contribution in [1.29, 1.82) is 0 Å². The zero-order valence-electron chi connectivity index (χ0n) is 20.3. The predicted octanol–water partition coefficient (Wildman–Crippen LogP) is 1.16. The Morgan fingerprint density at radius 2 is 1.84 bits per heavy atom. The van der Waals surface area contributed by atoms with E-state index in [0.29, 0.717) is 12.8 Å². The van der Waals surface area contributed by atoms with E-state index in [-0.39, 0.29) is 52.2 Å². The Labute approximate surface area is 211 Å². The molecule has 1 aliphatic carbocycles. The molecule has 1 amide bonds. The molecule has 2 aromatic carbocycles. The minimum absolute atomic E-state index is 0.0153. The number of hydrogen-bond donors (Lipinski definition) is 4. The number of methoxy groups -OCH3 is 1. The zero-order chi connectivity index (χ0) is 26.6. The minimum atomic E-state index is -1.06. The predicted molar refractivity (Wildman–Crippen MR) is 126 cm³/mol. The number of ketones is 2. The smallest absolute Gasteiger partial charge is 0.248 e. The number of carbonyl (C=O) groups is 3. The average molecular weight is 513 g/mol. The molecule has 1 fully saturated rings. The molecule has 0 saturated carbocycles. The molecule has 0 aromatic heterocycles. The molecule has 37 heavy (non-hydrogen) atoms. The molecule has 0 bridgehead atoms. The first-order valence-corrected chi connectivity index (χ1v) is 11.9. The van der Waals surface area contributed by atoms with Crippen molar-refractivity contribution in [2.45, 2.75) is 50.9 Å². The third-order valence-corrected chi connectivity index (χ3v) is 7.23. The molecule has 1 saturated heterocycles. The number of nitrogens with zero attached hydrogens (tertiary/aromatic N) is 1. The number of ether oxygens (including phenoxy) is 3. The Hall–Kier alpha value is -3.51. The van der Waals surface area contributed by atoms with E-state index in [0.717, 1.165) is 0 Å². The van der Waals surface area contributed by atoms with Crippen LogP contribution >= 0.6 is 0 Å². The highest BCUT2D eigenvalue weighted by molar-refractivity contribution is 6.31. The van der Waals surface area contributed by atoms with Crippen LogP contribution in [0.4, 0.5) is 0 Å². The fourth-order valence-corrected chi connectivity index (χ4v) is 5.30. The van der Waals surface area contributed by atoms with Crippen molar-refractivity contribution in [1.82, 2.24) is 4.90 Å². The maximum absolute atomic E-state index is 13.6. The van der Waals surface area contributed by atoms with E-state index in [1.807, 2.05) is 0 Å². The van der Waals surface area contributed by atoms with Crippen molar-refractivity contribution < 1.29 is 49.0 Å². The maximum atomic E-state index is 13.6. The van der Waals surface area contributed by atoms with E-state index < -0.39 is 60.2 Å². The molecule has 196 valence electrons. The van der Waals surface area contributed by atoms with Crippen LogP contribution < -0.4 is 4.74 Å². The molecule has 11 nitrogen and oxygen atoms in total. The number of aromatic hydroxyl groups is 2. The second kappa shape index (κ2) is 9.42. The summed E-state index contributed by atoms with van der Waals surface area (Å²) in [5.74, 6) is -2.97. The summed E-state index contributed by atoms with van der Waals surface area (Å²) in [7, 11) is 1.35. The first-order chi connectivity index (χ1) is 17.7. The number of carbonyl (C=O) groups excluding carboxylic acids is 3. The third kappa shape index (κ3) is 3.95. The lowest BCUT2D eigenvalue weighted by molar-refractivity contribution is -0.239. The van der Waals surface area contributed by atoms with Crippen LogP contribution in [0.25, 0.3) is 0 Å². The molecule has 2 heterocycles. The quantitative estimate of drug-likeness (QED) is 0.372. The molecule has 11 heteroatoms. The fourth-order valence-electron chi connectivity index (χ4n) is 5.30. The van der Waals surface area contributed by atoms with Gasteiger partial charge in [-0.25, -0.2) is 0 Å². The van der Waals surface area contributed by atoms with E-state index >= 15 is 0 Å². The summed E-state index contributed by atoms with van der Waals surface area (Å²) in [6.07, 6.45) is -2.35. The van der Waals surface area contributed by atoms with Gasteiger partial charge in [-0.2, -0.15) is 0 Å². The van der Waals surface area contributed by atoms with Crippen LogP contribution in [0.1, 0.15) is 68.8 Å². The Balaban J connectivity index is 1.66. The van der Waals surface area contributed by atoms with Gasteiger partial charge in [-0.1, -0.05) is 12.1 Å². The monoisotopic (exact) mass is 513 g/mol. The van der Waals surface area contributed by atoms with E-state index in [2.05, 4.69) is 0 Å². The standard InChI is InChI=1S/C26H27NO10/c1-11-14(29)6-7-18(36-11)37-16-9-27(17(30)10-28)8-13-20(16)26(34)22-21(24(13)32)23(31)12-4-3-5-15(35-2)19(12)25(22)33/h3-5,11,14,16,18,28-29,32,34H,6-10H2,1-2H3/t11-,14-,16-,18?/m0/s1. The van der Waals surface area contributed by atoms with Gasteiger partial charge in [0.25, 0.3) is 0 Å². The van der Waals surface area contributed by atoms with Crippen molar-refractivity contribution in [3.63, 3.8) is 0 Å².